The van der Waals surface area contributed by atoms with Gasteiger partial charge in [0.25, 0.3) is 0 Å². The van der Waals surface area contributed by atoms with Gasteiger partial charge >= 0.3 is 5.97 Å². The minimum atomic E-state index is -0.753. The fourth-order valence-corrected chi connectivity index (χ4v) is 1.55. The number of aliphatic carboxylic acids is 1. The molecule has 1 rings (SSSR count). The molecule has 0 spiro atoms. The first-order valence-corrected chi connectivity index (χ1v) is 4.78. The van der Waals surface area contributed by atoms with Crippen LogP contribution in [-0.2, 0) is 9.53 Å². The number of hydrogen-bond donors (Lipinski definition) is 1. The highest BCUT2D eigenvalue weighted by atomic mass is 16.5. The number of carboxylic acid groups (broad SMARTS) is 1. The van der Waals surface area contributed by atoms with Crippen LogP contribution in [0.3, 0.4) is 0 Å². The topological polar surface area (TPSA) is 49.8 Å². The first kappa shape index (κ1) is 10.5. The second-order valence-electron chi connectivity index (χ2n) is 3.38. The molecule has 0 saturated carbocycles. The monoisotopic (exact) mass is 187 g/mol. The summed E-state index contributed by atoms with van der Waals surface area (Å²) in [5.41, 5.74) is 0. The Labute approximate surface area is 78.5 Å². The summed E-state index contributed by atoms with van der Waals surface area (Å²) >= 11 is 0. The van der Waals surface area contributed by atoms with E-state index in [0.717, 1.165) is 32.5 Å². The molecule has 1 atom stereocenters. The second kappa shape index (κ2) is 5.19. The Morgan fingerprint density at radius 1 is 1.69 bits per heavy atom. The van der Waals surface area contributed by atoms with Crippen molar-refractivity contribution in [1.82, 2.24) is 4.90 Å². The predicted molar refractivity (Wildman–Crippen MR) is 48.7 cm³/mol. The van der Waals surface area contributed by atoms with Gasteiger partial charge in [0.2, 0.25) is 0 Å². The number of rotatable bonds is 3. The molecular weight excluding hydrogens is 170 g/mol. The maximum atomic E-state index is 10.5. The lowest BCUT2D eigenvalue weighted by atomic mass is 10.2. The van der Waals surface area contributed by atoms with Gasteiger partial charge in [-0.3, -0.25) is 9.69 Å². The zero-order valence-corrected chi connectivity index (χ0v) is 8.03. The van der Waals surface area contributed by atoms with Gasteiger partial charge in [-0.2, -0.15) is 0 Å². The van der Waals surface area contributed by atoms with E-state index in [1.54, 1.807) is 0 Å². The molecular formula is C9H17NO3. The van der Waals surface area contributed by atoms with E-state index >= 15 is 0 Å². The van der Waals surface area contributed by atoms with Crippen LogP contribution in [0.4, 0.5) is 0 Å². The number of ether oxygens (including phenoxy) is 1. The Balaban J connectivity index is 2.39. The molecule has 4 nitrogen and oxygen atoms in total. The molecule has 0 aliphatic carbocycles. The molecule has 0 radical (unpaired) electrons. The molecule has 1 aliphatic rings. The van der Waals surface area contributed by atoms with Crippen LogP contribution in [0.15, 0.2) is 0 Å². The van der Waals surface area contributed by atoms with Gasteiger partial charge in [-0.25, -0.2) is 0 Å². The zero-order valence-electron chi connectivity index (χ0n) is 8.03. The quantitative estimate of drug-likeness (QED) is 0.702. The first-order valence-electron chi connectivity index (χ1n) is 4.78. The van der Waals surface area contributed by atoms with Gasteiger partial charge in [-0.15, -0.1) is 0 Å². The van der Waals surface area contributed by atoms with Crippen molar-refractivity contribution in [2.75, 3.05) is 26.2 Å². The molecule has 0 bridgehead atoms. The molecule has 0 aromatic carbocycles. The van der Waals surface area contributed by atoms with Crippen molar-refractivity contribution >= 4 is 5.97 Å². The maximum absolute atomic E-state index is 10.5. The van der Waals surface area contributed by atoms with E-state index in [2.05, 4.69) is 6.92 Å². The molecule has 1 saturated heterocycles. The maximum Gasteiger partial charge on any atom is 0.317 e. The highest BCUT2D eigenvalue weighted by Gasteiger charge is 2.18. The average molecular weight is 187 g/mol. The predicted octanol–water partition coefficient (Wildman–Crippen LogP) is 0.572. The number of carboxylic acids is 1. The van der Waals surface area contributed by atoms with Gasteiger partial charge < -0.3 is 9.84 Å². The van der Waals surface area contributed by atoms with E-state index in [4.69, 9.17) is 9.84 Å². The Kier molecular flexibility index (Phi) is 4.18. The fourth-order valence-electron chi connectivity index (χ4n) is 1.55. The molecule has 4 heteroatoms. The number of nitrogens with zero attached hydrogens (tertiary/aromatic N) is 1. The fraction of sp³-hybridized carbons (Fsp3) is 0.889. The average Bonchev–Trinajstić information content (AvgIpc) is 2.28. The normalized spacial score (nSPS) is 25.5. The van der Waals surface area contributed by atoms with E-state index in [0.29, 0.717) is 0 Å². The van der Waals surface area contributed by atoms with Crippen LogP contribution in [0.1, 0.15) is 19.8 Å². The molecule has 76 valence electrons. The summed E-state index contributed by atoms with van der Waals surface area (Å²) in [5, 5.41) is 8.63. The van der Waals surface area contributed by atoms with Crippen LogP contribution in [0.25, 0.3) is 0 Å². The summed E-state index contributed by atoms with van der Waals surface area (Å²) in [6.45, 7) is 4.55. The minimum absolute atomic E-state index is 0.139. The van der Waals surface area contributed by atoms with E-state index in [1.165, 1.54) is 0 Å². The smallest absolute Gasteiger partial charge is 0.317 e. The Bertz CT molecular complexity index is 172. The van der Waals surface area contributed by atoms with Gasteiger partial charge in [0, 0.05) is 19.7 Å². The first-order chi connectivity index (χ1) is 6.22. The largest absolute Gasteiger partial charge is 0.480 e. The zero-order chi connectivity index (χ0) is 9.68. The van der Waals surface area contributed by atoms with E-state index in [-0.39, 0.29) is 12.6 Å². The summed E-state index contributed by atoms with van der Waals surface area (Å²) < 4.78 is 5.53. The lowest BCUT2D eigenvalue weighted by molar-refractivity contribution is -0.138. The standard InChI is InChI=1S/C9H17NO3/c1-2-8-6-10(7-9(11)12)4-3-5-13-8/h8H,2-7H2,1H3,(H,11,12). The molecule has 1 unspecified atom stereocenters. The Morgan fingerprint density at radius 3 is 3.08 bits per heavy atom. The third-order valence-electron chi connectivity index (χ3n) is 2.25. The molecule has 0 aromatic rings. The highest BCUT2D eigenvalue weighted by molar-refractivity contribution is 5.69. The summed E-state index contributed by atoms with van der Waals surface area (Å²) in [5.74, 6) is -0.753. The Hall–Kier alpha value is -0.610. The minimum Gasteiger partial charge on any atom is -0.480 e. The van der Waals surface area contributed by atoms with Crippen LogP contribution in [0.5, 0.6) is 0 Å². The summed E-state index contributed by atoms with van der Waals surface area (Å²) in [6.07, 6.45) is 2.10. The van der Waals surface area contributed by atoms with Crippen molar-refractivity contribution in [1.29, 1.82) is 0 Å². The van der Waals surface area contributed by atoms with Crippen LogP contribution < -0.4 is 0 Å². The van der Waals surface area contributed by atoms with Crippen LogP contribution in [-0.4, -0.2) is 48.3 Å². The van der Waals surface area contributed by atoms with E-state index in [9.17, 15) is 4.79 Å². The van der Waals surface area contributed by atoms with Gasteiger partial charge in [0.05, 0.1) is 12.6 Å². The SMILES string of the molecule is CCC1CN(CC(=O)O)CCCO1. The van der Waals surface area contributed by atoms with Gasteiger partial charge in [-0.1, -0.05) is 6.92 Å². The lowest BCUT2D eigenvalue weighted by Crippen LogP contribution is -2.35. The molecule has 1 aliphatic heterocycles. The summed E-state index contributed by atoms with van der Waals surface area (Å²) in [7, 11) is 0. The van der Waals surface area contributed by atoms with Crippen molar-refractivity contribution in [3.63, 3.8) is 0 Å². The van der Waals surface area contributed by atoms with Gasteiger partial charge in [0.1, 0.15) is 0 Å². The van der Waals surface area contributed by atoms with Crippen molar-refractivity contribution in [2.24, 2.45) is 0 Å². The second-order valence-corrected chi connectivity index (χ2v) is 3.38. The summed E-state index contributed by atoms with van der Waals surface area (Å²) in [4.78, 5) is 12.4. The van der Waals surface area contributed by atoms with Crippen molar-refractivity contribution in [3.05, 3.63) is 0 Å². The summed E-state index contributed by atoms with van der Waals surface area (Å²) in [6, 6.07) is 0. The number of carbonyl (C=O) groups is 1. The van der Waals surface area contributed by atoms with Crippen molar-refractivity contribution < 1.29 is 14.6 Å². The number of hydrogen-bond acceptors (Lipinski definition) is 3. The van der Waals surface area contributed by atoms with Crippen LogP contribution >= 0.6 is 0 Å². The van der Waals surface area contributed by atoms with Crippen LogP contribution in [0, 0.1) is 0 Å². The molecule has 1 heterocycles. The molecule has 1 fully saturated rings. The van der Waals surface area contributed by atoms with Crippen molar-refractivity contribution in [3.8, 4) is 0 Å². The third kappa shape index (κ3) is 3.74. The van der Waals surface area contributed by atoms with Gasteiger partial charge in [0.15, 0.2) is 0 Å². The van der Waals surface area contributed by atoms with Crippen LogP contribution in [0.2, 0.25) is 0 Å². The van der Waals surface area contributed by atoms with E-state index < -0.39 is 5.97 Å². The molecule has 1 N–H and O–H groups in total. The molecule has 13 heavy (non-hydrogen) atoms. The van der Waals surface area contributed by atoms with Crippen molar-refractivity contribution in [2.45, 2.75) is 25.9 Å². The highest BCUT2D eigenvalue weighted by Crippen LogP contribution is 2.07. The third-order valence-corrected chi connectivity index (χ3v) is 2.25. The lowest BCUT2D eigenvalue weighted by Gasteiger charge is -2.20. The molecule has 0 aromatic heterocycles. The Morgan fingerprint density at radius 2 is 2.46 bits per heavy atom. The molecule has 0 amide bonds. The van der Waals surface area contributed by atoms with E-state index in [1.807, 2.05) is 4.90 Å². The van der Waals surface area contributed by atoms with Gasteiger partial charge in [-0.05, 0) is 12.8 Å².